The van der Waals surface area contributed by atoms with Crippen LogP contribution >= 0.6 is 0 Å². The van der Waals surface area contributed by atoms with Gasteiger partial charge < -0.3 is 14.7 Å². The minimum atomic E-state index is -0.833. The number of hydrogen-bond acceptors (Lipinski definition) is 7. The molecule has 1 spiro atoms. The zero-order valence-corrected chi connectivity index (χ0v) is 23.1. The number of aryl methyl sites for hydroxylation is 1. The molecular formula is C31H38N2O6. The molecule has 0 amide bonds. The van der Waals surface area contributed by atoms with Gasteiger partial charge in [0.25, 0.3) is 5.97 Å². The Morgan fingerprint density at radius 3 is 2.36 bits per heavy atom. The first-order valence-electron chi connectivity index (χ1n) is 13.7. The third-order valence-electron chi connectivity index (χ3n) is 7.80. The number of nitrogens with zero attached hydrogens (tertiary/aromatic N) is 2. The number of rotatable bonds is 4. The van der Waals surface area contributed by atoms with Crippen LogP contribution in [0, 0.1) is 0 Å². The topological polar surface area (TPSA) is 106 Å². The number of oxime groups is 1. The van der Waals surface area contributed by atoms with Crippen LogP contribution in [0.5, 0.6) is 5.75 Å². The highest BCUT2D eigenvalue weighted by molar-refractivity contribution is 6.01. The predicted molar refractivity (Wildman–Crippen MR) is 146 cm³/mol. The van der Waals surface area contributed by atoms with E-state index >= 15 is 0 Å². The number of carboxylic acid groups (broad SMARTS) is 1. The van der Waals surface area contributed by atoms with E-state index in [0.717, 1.165) is 76.0 Å². The summed E-state index contributed by atoms with van der Waals surface area (Å²) in [4.78, 5) is 33.9. The van der Waals surface area contributed by atoms with E-state index in [9.17, 15) is 0 Å². The summed E-state index contributed by atoms with van der Waals surface area (Å²) in [5.41, 5.74) is 6.46. The number of fused-ring (bicyclic) bond motifs is 1. The van der Waals surface area contributed by atoms with Crippen LogP contribution in [0.25, 0.3) is 0 Å². The Labute approximate surface area is 230 Å². The maximum absolute atomic E-state index is 9.00. The van der Waals surface area contributed by atoms with E-state index in [1.165, 1.54) is 35.1 Å². The largest absolute Gasteiger partial charge is 0.487 e. The molecule has 2 fully saturated rings. The van der Waals surface area contributed by atoms with Crippen LogP contribution in [-0.2, 0) is 32.2 Å². The lowest BCUT2D eigenvalue weighted by Crippen LogP contribution is -2.44. The lowest BCUT2D eigenvalue weighted by atomic mass is 9.85. The molecule has 3 aliphatic heterocycles. The maximum atomic E-state index is 9.00. The Morgan fingerprint density at radius 1 is 1.10 bits per heavy atom. The van der Waals surface area contributed by atoms with Crippen molar-refractivity contribution in [2.75, 3.05) is 13.1 Å². The van der Waals surface area contributed by atoms with Crippen molar-refractivity contribution in [3.8, 4) is 5.75 Å². The quantitative estimate of drug-likeness (QED) is 0.565. The van der Waals surface area contributed by atoms with Crippen molar-refractivity contribution in [3.05, 3.63) is 64.7 Å². The Bertz CT molecular complexity index is 1220. The third-order valence-corrected chi connectivity index (χ3v) is 7.80. The van der Waals surface area contributed by atoms with E-state index in [0.29, 0.717) is 0 Å². The van der Waals surface area contributed by atoms with Crippen LogP contribution in [0.15, 0.2) is 47.6 Å². The molecule has 1 saturated carbocycles. The van der Waals surface area contributed by atoms with E-state index in [4.69, 9.17) is 29.1 Å². The van der Waals surface area contributed by atoms with E-state index in [1.54, 1.807) is 0 Å². The predicted octanol–water partition coefficient (Wildman–Crippen LogP) is 5.33. The second kappa shape index (κ2) is 12.1. The Morgan fingerprint density at radius 2 is 1.74 bits per heavy atom. The second-order valence-corrected chi connectivity index (χ2v) is 11.5. The van der Waals surface area contributed by atoms with E-state index in [2.05, 4.69) is 66.4 Å². The molecule has 8 nitrogen and oxygen atoms in total. The molecular weight excluding hydrogens is 496 g/mol. The molecule has 0 aromatic heterocycles. The minimum absolute atomic E-state index is 0.0718. The van der Waals surface area contributed by atoms with E-state index < -0.39 is 5.97 Å². The molecule has 1 aliphatic carbocycles. The number of likely N-dealkylation sites (tertiary alicyclic amines) is 1. The van der Waals surface area contributed by atoms with Crippen molar-refractivity contribution in [1.82, 2.24) is 4.90 Å². The van der Waals surface area contributed by atoms with Crippen LogP contribution in [0.4, 0.5) is 0 Å². The molecule has 4 aliphatic rings. The number of piperidine rings is 1. The average Bonchev–Trinajstić information content (AvgIpc) is 3.67. The lowest BCUT2D eigenvalue weighted by Gasteiger charge is -2.39. The zero-order valence-electron chi connectivity index (χ0n) is 23.1. The SMILES string of the molecule is CC(=O)O.CC1(C)CCc2cc(C3CC3)cc(CN3CCC4(CC3)CC(c3ccccc3)=NO4)c2O1.O=C=O. The van der Waals surface area contributed by atoms with Gasteiger partial charge in [0.2, 0.25) is 0 Å². The number of benzene rings is 2. The molecule has 6 rings (SSSR count). The van der Waals surface area contributed by atoms with Gasteiger partial charge >= 0.3 is 6.15 Å². The molecule has 0 bridgehead atoms. The van der Waals surface area contributed by atoms with Gasteiger partial charge in [-0.15, -0.1) is 0 Å². The summed E-state index contributed by atoms with van der Waals surface area (Å²) in [5.74, 6) is 1.11. The number of carbonyl (C=O) groups excluding carboxylic acids is 2. The smallest absolute Gasteiger partial charge is 0.373 e. The maximum Gasteiger partial charge on any atom is 0.373 e. The third kappa shape index (κ3) is 7.55. The normalized spacial score (nSPS) is 20.4. The number of ether oxygens (including phenoxy) is 1. The first-order valence-corrected chi connectivity index (χ1v) is 13.7. The van der Waals surface area contributed by atoms with Gasteiger partial charge in [-0.05, 0) is 62.1 Å². The van der Waals surface area contributed by atoms with Crippen LogP contribution < -0.4 is 4.74 Å². The summed E-state index contributed by atoms with van der Waals surface area (Å²) in [5, 5.41) is 11.9. The van der Waals surface area contributed by atoms with Crippen LogP contribution in [0.3, 0.4) is 0 Å². The van der Waals surface area contributed by atoms with Crippen LogP contribution in [0.2, 0.25) is 0 Å². The van der Waals surface area contributed by atoms with Gasteiger partial charge in [0.05, 0.1) is 5.71 Å². The first kappa shape index (κ1) is 28.5. The van der Waals surface area contributed by atoms with Gasteiger partial charge in [0, 0.05) is 51.4 Å². The van der Waals surface area contributed by atoms with Crippen molar-refractivity contribution >= 4 is 17.8 Å². The van der Waals surface area contributed by atoms with Gasteiger partial charge in [0.1, 0.15) is 17.0 Å². The van der Waals surface area contributed by atoms with Gasteiger partial charge in [-0.2, -0.15) is 9.59 Å². The van der Waals surface area contributed by atoms with Crippen molar-refractivity contribution in [1.29, 1.82) is 0 Å². The van der Waals surface area contributed by atoms with Gasteiger partial charge in [-0.25, -0.2) is 0 Å². The molecule has 0 unspecified atom stereocenters. The molecule has 0 radical (unpaired) electrons. The number of aliphatic carboxylic acids is 1. The summed E-state index contributed by atoms with van der Waals surface area (Å²) in [6, 6.07) is 15.4. The molecule has 0 atom stereocenters. The fraction of sp³-hybridized carbons (Fsp3) is 0.516. The first-order chi connectivity index (χ1) is 18.6. The van der Waals surface area contributed by atoms with Crippen LogP contribution in [-0.4, -0.2) is 52.1 Å². The van der Waals surface area contributed by atoms with Gasteiger partial charge in [-0.1, -0.05) is 47.6 Å². The molecule has 2 aromatic rings. The molecule has 1 N–H and O–H groups in total. The van der Waals surface area contributed by atoms with Crippen molar-refractivity contribution in [3.63, 3.8) is 0 Å². The van der Waals surface area contributed by atoms with Crippen molar-refractivity contribution in [2.45, 2.75) is 89.4 Å². The van der Waals surface area contributed by atoms with Gasteiger partial charge in [0.15, 0.2) is 0 Å². The van der Waals surface area contributed by atoms with Crippen LogP contribution in [0.1, 0.15) is 87.5 Å². The molecule has 2 aromatic carbocycles. The second-order valence-electron chi connectivity index (χ2n) is 11.5. The Hall–Kier alpha value is -3.48. The van der Waals surface area contributed by atoms with E-state index in [1.807, 2.05) is 0 Å². The molecule has 39 heavy (non-hydrogen) atoms. The standard InChI is InChI=1S/C28H34N2O2.C2H4O2.CO2/c1-27(2)11-10-22-16-23(20-8-9-20)17-24(26(22)31-27)19-30-14-12-28(13-15-30)18-25(29-32-28)21-6-4-3-5-7-21;1-2(3)4;2-1-3/h3-7,16-17,20H,8-15,18-19H2,1-2H3;1H3,(H,3,4);. The van der Waals surface area contributed by atoms with Crippen molar-refractivity contribution < 1.29 is 29.1 Å². The number of hydrogen-bond donors (Lipinski definition) is 1. The minimum Gasteiger partial charge on any atom is -0.487 e. The highest BCUT2D eigenvalue weighted by atomic mass is 16.7. The number of carboxylic acids is 1. The summed E-state index contributed by atoms with van der Waals surface area (Å²) in [6.45, 7) is 8.59. The van der Waals surface area contributed by atoms with Gasteiger partial charge in [-0.3, -0.25) is 9.69 Å². The zero-order chi connectivity index (χ0) is 28.0. The molecule has 1 saturated heterocycles. The molecule has 8 heteroatoms. The summed E-state index contributed by atoms with van der Waals surface area (Å²) >= 11 is 0. The molecule has 3 heterocycles. The molecule has 208 valence electrons. The Balaban J connectivity index is 0.000000456. The summed E-state index contributed by atoms with van der Waals surface area (Å²) in [6.07, 6.45) is 8.16. The highest BCUT2D eigenvalue weighted by Gasteiger charge is 2.42. The fourth-order valence-corrected chi connectivity index (χ4v) is 5.57. The average molecular weight is 535 g/mol. The monoisotopic (exact) mass is 534 g/mol. The highest BCUT2D eigenvalue weighted by Crippen LogP contribution is 2.45. The fourth-order valence-electron chi connectivity index (χ4n) is 5.57. The van der Waals surface area contributed by atoms with Crippen molar-refractivity contribution in [2.24, 2.45) is 5.16 Å². The Kier molecular flexibility index (Phi) is 8.88. The summed E-state index contributed by atoms with van der Waals surface area (Å²) < 4.78 is 6.53. The lowest BCUT2D eigenvalue weighted by molar-refractivity contribution is -0.191. The van der Waals surface area contributed by atoms with E-state index in [-0.39, 0.29) is 17.4 Å². The summed E-state index contributed by atoms with van der Waals surface area (Å²) in [7, 11) is 0. The number of carbonyl (C=O) groups is 1.